The summed E-state index contributed by atoms with van der Waals surface area (Å²) in [6.45, 7) is 0.669. The highest BCUT2D eigenvalue weighted by molar-refractivity contribution is 5.89. The number of aliphatic carboxylic acids is 1. The number of nitrogens with zero attached hydrogens (tertiary/aromatic N) is 3. The van der Waals surface area contributed by atoms with Crippen molar-refractivity contribution in [1.29, 1.82) is 0 Å². The second-order valence-electron chi connectivity index (χ2n) is 8.25. The zero-order chi connectivity index (χ0) is 24.8. The Labute approximate surface area is 203 Å². The molecule has 1 aliphatic rings. The van der Waals surface area contributed by atoms with E-state index in [0.717, 1.165) is 23.1 Å². The SMILES string of the molecule is COc1cccc(OC)c1-c1ccc(C[C@H](NC(=O)C2CCCN2c2cnccn2)C(=O)O)cc1. The molecule has 182 valence electrons. The summed E-state index contributed by atoms with van der Waals surface area (Å²) in [5.41, 5.74) is 2.48. The maximum Gasteiger partial charge on any atom is 0.326 e. The molecule has 2 atom stereocenters. The van der Waals surface area contributed by atoms with Gasteiger partial charge in [-0.25, -0.2) is 9.78 Å². The highest BCUT2D eigenvalue weighted by Crippen LogP contribution is 2.38. The van der Waals surface area contributed by atoms with Crippen molar-refractivity contribution >= 4 is 17.7 Å². The van der Waals surface area contributed by atoms with Gasteiger partial charge in [0.25, 0.3) is 0 Å². The Morgan fingerprint density at radius 1 is 1.11 bits per heavy atom. The lowest BCUT2D eigenvalue weighted by atomic mass is 9.99. The summed E-state index contributed by atoms with van der Waals surface area (Å²) in [5.74, 6) is 0.558. The maximum absolute atomic E-state index is 13.0. The molecule has 0 saturated carbocycles. The van der Waals surface area contributed by atoms with E-state index >= 15 is 0 Å². The summed E-state index contributed by atoms with van der Waals surface area (Å²) in [7, 11) is 3.20. The van der Waals surface area contributed by atoms with Crippen molar-refractivity contribution in [2.45, 2.75) is 31.3 Å². The topological polar surface area (TPSA) is 114 Å². The Morgan fingerprint density at radius 3 is 2.43 bits per heavy atom. The number of carbonyl (C=O) groups excluding carboxylic acids is 1. The lowest BCUT2D eigenvalue weighted by Crippen LogP contribution is -2.50. The Hall–Kier alpha value is -4.14. The van der Waals surface area contributed by atoms with Gasteiger partial charge in [-0.3, -0.25) is 9.78 Å². The molecule has 1 amide bonds. The van der Waals surface area contributed by atoms with Gasteiger partial charge in [-0.2, -0.15) is 0 Å². The molecule has 9 heteroatoms. The van der Waals surface area contributed by atoms with Gasteiger partial charge in [0.1, 0.15) is 29.4 Å². The molecule has 1 aromatic heterocycles. The summed E-state index contributed by atoms with van der Waals surface area (Å²) >= 11 is 0. The molecule has 0 radical (unpaired) electrons. The number of nitrogens with one attached hydrogen (secondary N) is 1. The van der Waals surface area contributed by atoms with Crippen molar-refractivity contribution in [1.82, 2.24) is 15.3 Å². The predicted molar refractivity (Wildman–Crippen MR) is 131 cm³/mol. The highest BCUT2D eigenvalue weighted by Gasteiger charge is 2.34. The van der Waals surface area contributed by atoms with Crippen LogP contribution in [0, 0.1) is 0 Å². The van der Waals surface area contributed by atoms with Crippen molar-refractivity contribution in [3.8, 4) is 22.6 Å². The normalized spacial score (nSPS) is 15.9. The van der Waals surface area contributed by atoms with E-state index in [9.17, 15) is 14.7 Å². The molecule has 1 fully saturated rings. The van der Waals surface area contributed by atoms with Crippen LogP contribution in [0.3, 0.4) is 0 Å². The van der Waals surface area contributed by atoms with Crippen molar-refractivity contribution < 1.29 is 24.2 Å². The van der Waals surface area contributed by atoms with Crippen LogP contribution < -0.4 is 19.7 Å². The van der Waals surface area contributed by atoms with Crippen LogP contribution in [0.4, 0.5) is 5.82 Å². The van der Waals surface area contributed by atoms with Gasteiger partial charge >= 0.3 is 5.97 Å². The molecule has 3 aromatic rings. The van der Waals surface area contributed by atoms with Crippen molar-refractivity contribution in [2.24, 2.45) is 0 Å². The van der Waals surface area contributed by atoms with E-state index in [4.69, 9.17) is 9.47 Å². The number of hydrogen-bond donors (Lipinski definition) is 2. The molecule has 0 aliphatic carbocycles. The number of ether oxygens (including phenoxy) is 2. The highest BCUT2D eigenvalue weighted by atomic mass is 16.5. The fourth-order valence-corrected chi connectivity index (χ4v) is 4.40. The van der Waals surface area contributed by atoms with Crippen LogP contribution in [0.25, 0.3) is 11.1 Å². The molecule has 35 heavy (non-hydrogen) atoms. The average Bonchev–Trinajstić information content (AvgIpc) is 3.39. The second kappa shape index (κ2) is 10.9. The van der Waals surface area contributed by atoms with E-state index < -0.39 is 18.1 Å². The van der Waals surface area contributed by atoms with Gasteiger partial charge in [-0.05, 0) is 36.1 Å². The van der Waals surface area contributed by atoms with E-state index in [1.807, 2.05) is 47.4 Å². The van der Waals surface area contributed by atoms with Gasteiger partial charge in [0.2, 0.25) is 5.91 Å². The zero-order valence-electron chi connectivity index (χ0n) is 19.7. The van der Waals surface area contributed by atoms with Gasteiger partial charge in [-0.15, -0.1) is 0 Å². The Morgan fingerprint density at radius 2 is 1.83 bits per heavy atom. The molecular formula is C26H28N4O5. The number of aromatic nitrogens is 2. The molecule has 4 rings (SSSR count). The van der Waals surface area contributed by atoms with Crippen molar-refractivity contribution in [2.75, 3.05) is 25.7 Å². The molecule has 0 bridgehead atoms. The van der Waals surface area contributed by atoms with Gasteiger partial charge in [0, 0.05) is 25.4 Å². The summed E-state index contributed by atoms with van der Waals surface area (Å²) in [6.07, 6.45) is 6.36. The van der Waals surface area contributed by atoms with Crippen LogP contribution in [0.5, 0.6) is 11.5 Å². The second-order valence-corrected chi connectivity index (χ2v) is 8.25. The number of carboxylic acid groups (broad SMARTS) is 1. The third-order valence-corrected chi connectivity index (χ3v) is 6.12. The lowest BCUT2D eigenvalue weighted by Gasteiger charge is -2.26. The van der Waals surface area contributed by atoms with Crippen LogP contribution >= 0.6 is 0 Å². The van der Waals surface area contributed by atoms with E-state index in [1.165, 1.54) is 0 Å². The Kier molecular flexibility index (Phi) is 7.45. The molecular weight excluding hydrogens is 448 g/mol. The number of hydrogen-bond acceptors (Lipinski definition) is 7. The van der Waals surface area contributed by atoms with Gasteiger partial charge in [-0.1, -0.05) is 30.3 Å². The predicted octanol–water partition coefficient (Wildman–Crippen LogP) is 2.94. The third kappa shape index (κ3) is 5.34. The first-order valence-electron chi connectivity index (χ1n) is 11.4. The lowest BCUT2D eigenvalue weighted by molar-refractivity contribution is -0.141. The van der Waals surface area contributed by atoms with Gasteiger partial charge < -0.3 is 24.8 Å². The quantitative estimate of drug-likeness (QED) is 0.485. The van der Waals surface area contributed by atoms with Crippen LogP contribution in [-0.2, 0) is 16.0 Å². The summed E-state index contributed by atoms with van der Waals surface area (Å²) in [6, 6.07) is 11.5. The third-order valence-electron chi connectivity index (χ3n) is 6.12. The molecule has 1 saturated heterocycles. The first-order chi connectivity index (χ1) is 17.0. The van der Waals surface area contributed by atoms with Gasteiger partial charge in [0.15, 0.2) is 0 Å². The van der Waals surface area contributed by atoms with E-state index in [0.29, 0.717) is 30.3 Å². The maximum atomic E-state index is 13.0. The number of rotatable bonds is 9. The molecule has 2 N–H and O–H groups in total. The first-order valence-corrected chi connectivity index (χ1v) is 11.4. The average molecular weight is 477 g/mol. The van der Waals surface area contributed by atoms with E-state index in [1.54, 1.807) is 32.8 Å². The van der Waals surface area contributed by atoms with Crippen LogP contribution in [0.2, 0.25) is 0 Å². The van der Waals surface area contributed by atoms with Crippen LogP contribution in [0.15, 0.2) is 61.1 Å². The minimum Gasteiger partial charge on any atom is -0.496 e. The largest absolute Gasteiger partial charge is 0.496 e. The molecule has 1 unspecified atom stereocenters. The summed E-state index contributed by atoms with van der Waals surface area (Å²) in [5, 5.41) is 12.5. The molecule has 9 nitrogen and oxygen atoms in total. The zero-order valence-corrected chi connectivity index (χ0v) is 19.7. The van der Waals surface area contributed by atoms with Crippen LogP contribution in [-0.4, -0.2) is 59.8 Å². The first kappa shape index (κ1) is 24.0. The van der Waals surface area contributed by atoms with E-state index in [2.05, 4.69) is 15.3 Å². The van der Waals surface area contributed by atoms with Gasteiger partial charge in [0.05, 0.1) is 26.0 Å². The van der Waals surface area contributed by atoms with E-state index in [-0.39, 0.29) is 12.3 Å². The minimum absolute atomic E-state index is 0.155. The fourth-order valence-electron chi connectivity index (χ4n) is 4.40. The molecule has 0 spiro atoms. The minimum atomic E-state index is -1.09. The number of carboxylic acids is 1. The number of anilines is 1. The summed E-state index contributed by atoms with van der Waals surface area (Å²) in [4.78, 5) is 35.2. The molecule has 2 aromatic carbocycles. The smallest absolute Gasteiger partial charge is 0.326 e. The summed E-state index contributed by atoms with van der Waals surface area (Å²) < 4.78 is 11.0. The van der Waals surface area contributed by atoms with Crippen molar-refractivity contribution in [3.63, 3.8) is 0 Å². The molecule has 2 heterocycles. The monoisotopic (exact) mass is 476 g/mol. The number of carbonyl (C=O) groups is 2. The van der Waals surface area contributed by atoms with Crippen molar-refractivity contribution in [3.05, 3.63) is 66.6 Å². The van der Waals surface area contributed by atoms with Crippen LogP contribution in [0.1, 0.15) is 18.4 Å². The number of methoxy groups -OCH3 is 2. The molecule has 1 aliphatic heterocycles. The number of amides is 1. The Bertz CT molecular complexity index is 1150. The number of benzene rings is 2. The fraction of sp³-hybridized carbons (Fsp3) is 0.308. The Balaban J connectivity index is 1.48. The standard InChI is InChI=1S/C26H28N4O5/c1-34-21-6-3-7-22(35-2)24(21)18-10-8-17(9-11-18)15-19(26(32)33)29-25(31)20-5-4-14-30(20)23-16-27-12-13-28-23/h3,6-13,16,19-20H,4-5,14-15H2,1-2H3,(H,29,31)(H,32,33)/t19-,20?/m0/s1.